The standard InChI is InChI=1S/C67H56O10/c1-4-5-6-11-43-16-18-44(19-17-43)45-20-22-48(23-21-45)64(69)73-54-33-26-49(27-34-54)65(70)76-59-38-31-46-12-7-9-14-57(46)61(59)62-58-15-10-8-13-47(58)32-39-60(62)77-66(71)50-28-35-55(36-29-50)74-67(72)53-25-24-52-41-56(37-30-51(52)40-53)75-63(68)42(2)3/h7-10,12-15,20-41,43-44H,2,4-6,11,16-19H2,1,3H3. The van der Waals surface area contributed by atoms with E-state index >= 15 is 0 Å². The minimum absolute atomic E-state index is 0.190. The van der Waals surface area contributed by atoms with E-state index in [1.54, 1.807) is 79.7 Å². The summed E-state index contributed by atoms with van der Waals surface area (Å²) >= 11 is 0. The number of rotatable bonds is 16. The van der Waals surface area contributed by atoms with Crippen LogP contribution in [-0.4, -0.2) is 29.8 Å². The van der Waals surface area contributed by atoms with Crippen molar-refractivity contribution in [2.75, 3.05) is 0 Å². The third-order valence-corrected chi connectivity index (χ3v) is 14.3. The molecule has 77 heavy (non-hydrogen) atoms. The Balaban J connectivity index is 0.834. The molecule has 0 atom stereocenters. The van der Waals surface area contributed by atoms with Gasteiger partial charge in [-0.2, -0.15) is 0 Å². The summed E-state index contributed by atoms with van der Waals surface area (Å²) in [5.74, 6) is -0.325. The summed E-state index contributed by atoms with van der Waals surface area (Å²) in [4.78, 5) is 66.7. The molecule has 0 bridgehead atoms. The second-order valence-corrected chi connectivity index (χ2v) is 19.7. The molecule has 10 rings (SSSR count). The van der Waals surface area contributed by atoms with Crippen molar-refractivity contribution in [3.8, 4) is 39.9 Å². The highest BCUT2D eigenvalue weighted by Gasteiger charge is 2.25. The number of benzene rings is 9. The third kappa shape index (κ3) is 11.9. The van der Waals surface area contributed by atoms with E-state index in [4.69, 9.17) is 23.7 Å². The summed E-state index contributed by atoms with van der Waals surface area (Å²) < 4.78 is 29.2. The van der Waals surface area contributed by atoms with Crippen LogP contribution < -0.4 is 23.7 Å². The number of unbranched alkanes of at least 4 members (excludes halogenated alkanes) is 2. The van der Waals surface area contributed by atoms with Gasteiger partial charge in [0.2, 0.25) is 0 Å². The summed E-state index contributed by atoms with van der Waals surface area (Å²) in [7, 11) is 0. The molecule has 0 N–H and O–H groups in total. The van der Waals surface area contributed by atoms with Gasteiger partial charge in [0.15, 0.2) is 0 Å². The molecule has 0 amide bonds. The number of hydrogen-bond donors (Lipinski definition) is 0. The van der Waals surface area contributed by atoms with Gasteiger partial charge < -0.3 is 23.7 Å². The first kappa shape index (κ1) is 51.3. The highest BCUT2D eigenvalue weighted by Crippen LogP contribution is 2.46. The van der Waals surface area contributed by atoms with Gasteiger partial charge in [0.05, 0.1) is 22.3 Å². The van der Waals surface area contributed by atoms with E-state index < -0.39 is 29.8 Å². The molecule has 0 aliphatic heterocycles. The molecule has 9 aromatic carbocycles. The predicted octanol–water partition coefficient (Wildman–Crippen LogP) is 16.0. The number of carbonyl (C=O) groups is 5. The molecule has 10 heteroatoms. The molecular weight excluding hydrogens is 965 g/mol. The van der Waals surface area contributed by atoms with Gasteiger partial charge in [-0.1, -0.05) is 124 Å². The molecule has 384 valence electrons. The number of ether oxygens (including phenoxy) is 5. The summed E-state index contributed by atoms with van der Waals surface area (Å²) in [5.41, 5.74) is 3.76. The van der Waals surface area contributed by atoms with Gasteiger partial charge in [-0.25, -0.2) is 24.0 Å². The zero-order valence-corrected chi connectivity index (χ0v) is 42.9. The first-order valence-corrected chi connectivity index (χ1v) is 26.1. The molecule has 1 fully saturated rings. The third-order valence-electron chi connectivity index (χ3n) is 14.3. The van der Waals surface area contributed by atoms with Crippen LogP contribution in [0.15, 0.2) is 194 Å². The SMILES string of the molecule is C=C(C)C(=O)Oc1ccc2cc(C(=O)Oc3ccc(C(=O)Oc4ccc5ccccc5c4-c4c(OC(=O)c5ccc(OC(=O)c6ccc(C7CCC(CCCCC)CC7)cc6)cc5)ccc5ccccc45)cc3)ccc2c1. The van der Waals surface area contributed by atoms with E-state index in [-0.39, 0.29) is 39.7 Å². The minimum atomic E-state index is -0.677. The Labute approximate surface area is 446 Å². The molecule has 1 aliphatic carbocycles. The van der Waals surface area contributed by atoms with Crippen molar-refractivity contribution in [3.63, 3.8) is 0 Å². The van der Waals surface area contributed by atoms with Crippen molar-refractivity contribution in [1.82, 2.24) is 0 Å². The first-order chi connectivity index (χ1) is 37.5. The van der Waals surface area contributed by atoms with E-state index in [0.29, 0.717) is 33.9 Å². The van der Waals surface area contributed by atoms with Crippen molar-refractivity contribution in [2.24, 2.45) is 5.92 Å². The Morgan fingerprint density at radius 2 is 0.883 bits per heavy atom. The zero-order valence-electron chi connectivity index (χ0n) is 42.9. The van der Waals surface area contributed by atoms with Gasteiger partial charge in [0.1, 0.15) is 28.7 Å². The van der Waals surface area contributed by atoms with E-state index in [1.165, 1.54) is 81.2 Å². The van der Waals surface area contributed by atoms with Gasteiger partial charge in [0.25, 0.3) is 0 Å². The molecule has 0 spiro atoms. The van der Waals surface area contributed by atoms with Gasteiger partial charge >= 0.3 is 29.8 Å². The maximum atomic E-state index is 14.1. The fourth-order valence-corrected chi connectivity index (χ4v) is 10.1. The molecule has 0 unspecified atom stereocenters. The molecular formula is C67H56O10. The molecule has 1 aliphatic rings. The molecule has 0 radical (unpaired) electrons. The molecule has 0 aromatic heterocycles. The fraction of sp³-hybridized carbons (Fsp3) is 0.179. The number of fused-ring (bicyclic) bond motifs is 3. The number of hydrogen-bond acceptors (Lipinski definition) is 10. The average molecular weight is 1020 g/mol. The highest BCUT2D eigenvalue weighted by atomic mass is 16.6. The van der Waals surface area contributed by atoms with Crippen molar-refractivity contribution in [1.29, 1.82) is 0 Å². The van der Waals surface area contributed by atoms with Gasteiger partial charge in [0, 0.05) is 16.7 Å². The van der Waals surface area contributed by atoms with Crippen molar-refractivity contribution in [2.45, 2.75) is 71.1 Å². The average Bonchev–Trinajstić information content (AvgIpc) is 3.47. The lowest BCUT2D eigenvalue weighted by Gasteiger charge is -2.29. The normalized spacial score (nSPS) is 14.2. The van der Waals surface area contributed by atoms with E-state index in [2.05, 4.69) is 13.5 Å². The van der Waals surface area contributed by atoms with Gasteiger partial charge in [-0.3, -0.25) is 0 Å². The maximum absolute atomic E-state index is 14.1. The lowest BCUT2D eigenvalue weighted by Crippen LogP contribution is -2.14. The van der Waals surface area contributed by atoms with Crippen LogP contribution in [0.3, 0.4) is 0 Å². The van der Waals surface area contributed by atoms with Crippen molar-refractivity contribution in [3.05, 3.63) is 222 Å². The first-order valence-electron chi connectivity index (χ1n) is 26.1. The van der Waals surface area contributed by atoms with Crippen LogP contribution in [0.25, 0.3) is 43.4 Å². The van der Waals surface area contributed by atoms with Crippen molar-refractivity contribution < 1.29 is 47.7 Å². The van der Waals surface area contributed by atoms with Gasteiger partial charge in [-0.05, 0) is 179 Å². The molecule has 0 saturated heterocycles. The van der Waals surface area contributed by atoms with Crippen LogP contribution in [-0.2, 0) is 4.79 Å². The number of carbonyl (C=O) groups excluding carboxylic acids is 5. The summed E-state index contributed by atoms with van der Waals surface area (Å²) in [6.45, 7) is 7.43. The second-order valence-electron chi connectivity index (χ2n) is 19.7. The van der Waals surface area contributed by atoms with E-state index in [1.807, 2.05) is 84.9 Å². The summed E-state index contributed by atoms with van der Waals surface area (Å²) in [5, 5.41) is 4.70. The fourth-order valence-electron chi connectivity index (χ4n) is 10.1. The predicted molar refractivity (Wildman–Crippen MR) is 299 cm³/mol. The van der Waals surface area contributed by atoms with Crippen LogP contribution in [0.5, 0.6) is 28.7 Å². The summed E-state index contributed by atoms with van der Waals surface area (Å²) in [6, 6.07) is 52.6. The maximum Gasteiger partial charge on any atom is 0.343 e. The Kier molecular flexibility index (Phi) is 15.4. The molecule has 1 saturated carbocycles. The lowest BCUT2D eigenvalue weighted by atomic mass is 9.77. The quantitative estimate of drug-likeness (QED) is 0.0399. The van der Waals surface area contributed by atoms with Crippen LogP contribution in [0.2, 0.25) is 0 Å². The Morgan fingerprint density at radius 3 is 1.42 bits per heavy atom. The lowest BCUT2D eigenvalue weighted by molar-refractivity contribution is -0.130. The summed E-state index contributed by atoms with van der Waals surface area (Å²) in [6.07, 6.45) is 10.1. The molecule has 10 nitrogen and oxygen atoms in total. The largest absolute Gasteiger partial charge is 0.423 e. The zero-order chi connectivity index (χ0) is 53.4. The smallest absolute Gasteiger partial charge is 0.343 e. The van der Waals surface area contributed by atoms with Crippen molar-refractivity contribution >= 4 is 62.2 Å². The highest BCUT2D eigenvalue weighted by molar-refractivity contribution is 6.11. The van der Waals surface area contributed by atoms with Crippen LogP contribution in [0, 0.1) is 5.92 Å². The topological polar surface area (TPSA) is 132 Å². The van der Waals surface area contributed by atoms with E-state index in [9.17, 15) is 24.0 Å². The van der Waals surface area contributed by atoms with Crippen LogP contribution in [0.4, 0.5) is 0 Å². The Hall–Kier alpha value is -9.15. The second kappa shape index (κ2) is 23.2. The molecule has 0 heterocycles. The van der Waals surface area contributed by atoms with E-state index in [0.717, 1.165) is 38.2 Å². The Morgan fingerprint density at radius 1 is 0.442 bits per heavy atom. The molecule has 9 aromatic rings. The van der Waals surface area contributed by atoms with Gasteiger partial charge in [-0.15, -0.1) is 0 Å². The number of esters is 5. The monoisotopic (exact) mass is 1020 g/mol. The Bertz CT molecular complexity index is 3700. The minimum Gasteiger partial charge on any atom is -0.423 e. The van der Waals surface area contributed by atoms with Crippen LogP contribution in [0.1, 0.15) is 118 Å². The van der Waals surface area contributed by atoms with Crippen LogP contribution >= 0.6 is 0 Å².